The van der Waals surface area contributed by atoms with Gasteiger partial charge in [0, 0.05) is 22.4 Å². The standard InChI is InChI=1S/C18H12Cl2N4OS/c19-13-3-5-16(20)15(8-13)17-6-4-14(25-17)11-23-24-18(26)22-10-12-2-1-7-21-9-12/h3-9,11H,10H2,(H2,22,24,26)/b23-11+. The highest BCUT2D eigenvalue weighted by molar-refractivity contribution is 7.80. The number of hydrazone groups is 1. The fraction of sp³-hybridized carbons (Fsp3) is 0.0556. The van der Waals surface area contributed by atoms with Gasteiger partial charge in [0.25, 0.3) is 0 Å². The molecule has 8 heteroatoms. The van der Waals surface area contributed by atoms with Crippen molar-refractivity contribution in [3.8, 4) is 11.3 Å². The van der Waals surface area contributed by atoms with Gasteiger partial charge < -0.3 is 9.73 Å². The maximum atomic E-state index is 6.17. The second-order valence-corrected chi connectivity index (χ2v) is 6.33. The quantitative estimate of drug-likeness (QED) is 0.338. The summed E-state index contributed by atoms with van der Waals surface area (Å²) < 4.78 is 5.70. The van der Waals surface area contributed by atoms with Crippen molar-refractivity contribution in [2.75, 3.05) is 6.54 Å². The maximum absolute atomic E-state index is 6.17. The highest BCUT2D eigenvalue weighted by atomic mass is 35.5. The van der Waals surface area contributed by atoms with E-state index in [-0.39, 0.29) is 0 Å². The lowest BCUT2D eigenvalue weighted by molar-refractivity contribution is 0.574. The average Bonchev–Trinajstić information content (AvgIpc) is 3.11. The summed E-state index contributed by atoms with van der Waals surface area (Å²) in [5.74, 6) is 1.14. The number of nitrogens with one attached hydrogen (secondary N) is 2. The molecule has 0 aliphatic carbocycles. The lowest BCUT2D eigenvalue weighted by atomic mass is 10.2. The summed E-state index contributed by atoms with van der Waals surface area (Å²) in [6.45, 7) is 0.476. The summed E-state index contributed by atoms with van der Waals surface area (Å²) in [7, 11) is 0. The molecule has 26 heavy (non-hydrogen) atoms. The van der Waals surface area contributed by atoms with Gasteiger partial charge in [-0.15, -0.1) is 0 Å². The highest BCUT2D eigenvalue weighted by Gasteiger charge is 2.08. The molecule has 0 bridgehead atoms. The number of furan rings is 1. The Kier molecular flexibility index (Phi) is 6.08. The average molecular weight is 403 g/mol. The van der Waals surface area contributed by atoms with Crippen LogP contribution in [0.2, 0.25) is 10.0 Å². The van der Waals surface area contributed by atoms with Crippen molar-refractivity contribution in [2.45, 2.75) is 0 Å². The predicted molar refractivity (Wildman–Crippen MR) is 109 cm³/mol. The molecule has 0 radical (unpaired) electrons. The summed E-state index contributed by atoms with van der Waals surface area (Å²) in [5, 5.41) is 8.52. The van der Waals surface area contributed by atoms with Gasteiger partial charge in [-0.1, -0.05) is 28.9 Å². The number of hydrogen-bond donors (Lipinski definition) is 2. The van der Waals surface area contributed by atoms with Crippen LogP contribution in [0.4, 0.5) is 0 Å². The summed E-state index contributed by atoms with van der Waals surface area (Å²) in [4.78, 5) is 3.95. The van der Waals surface area contributed by atoms with E-state index in [9.17, 15) is 0 Å². The van der Waals surface area contributed by atoms with Gasteiger partial charge in [-0.05, 0) is 48.3 Å². The molecule has 0 atom stereocenters. The topological polar surface area (TPSA) is 61.9 Å². The first-order valence-electron chi connectivity index (χ1n) is 7.46. The second-order valence-electron chi connectivity index (χ2n) is 5.08. The third kappa shape index (κ3) is 4.96. The zero-order chi connectivity index (χ0) is 18.4. The summed E-state index contributed by atoms with van der Waals surface area (Å²) in [5.41, 5.74) is 9.96. The zero-order valence-electron chi connectivity index (χ0n) is 13.3. The number of halogens is 2. The van der Waals surface area contributed by atoms with Crippen LogP contribution in [-0.4, -0.2) is 24.1 Å². The van der Waals surface area contributed by atoms with E-state index in [1.165, 1.54) is 6.21 Å². The Balaban J connectivity index is 1.56. The Bertz CT molecular complexity index is 996. The lowest BCUT2D eigenvalue weighted by Crippen LogP contribution is -2.33. The number of hydrogen-bond acceptors (Lipinski definition) is 4. The van der Waals surface area contributed by atoms with Crippen LogP contribution in [-0.2, 0) is 0 Å². The number of aliphatic imine (C=N–C) groups is 1. The Labute approximate surface area is 165 Å². The minimum absolute atomic E-state index is 0.364. The molecule has 5 nitrogen and oxygen atoms in total. The van der Waals surface area contributed by atoms with E-state index in [2.05, 4.69) is 32.3 Å². The molecule has 0 spiro atoms. The van der Waals surface area contributed by atoms with Gasteiger partial charge in [-0.2, -0.15) is 5.10 Å². The van der Waals surface area contributed by atoms with Gasteiger partial charge >= 0.3 is 0 Å². The van der Waals surface area contributed by atoms with Gasteiger partial charge in [-0.25, -0.2) is 0 Å². The minimum atomic E-state index is 0.364. The molecule has 1 aromatic carbocycles. The number of thiocarbonyl (C=S) groups is 1. The van der Waals surface area contributed by atoms with Gasteiger partial charge in [0.05, 0.1) is 24.0 Å². The Hall–Kier alpha value is -2.59. The molecular formula is C18H12Cl2N4OS. The fourth-order valence-electron chi connectivity index (χ4n) is 2.03. The molecule has 0 saturated carbocycles. The van der Waals surface area contributed by atoms with Crippen LogP contribution < -0.4 is 10.7 Å². The third-order valence-electron chi connectivity index (χ3n) is 3.22. The van der Waals surface area contributed by atoms with Crippen molar-refractivity contribution in [3.63, 3.8) is 0 Å². The molecule has 2 aromatic rings. The van der Waals surface area contributed by atoms with Crippen molar-refractivity contribution < 1.29 is 4.42 Å². The lowest BCUT2D eigenvalue weighted by Gasteiger charge is -2.05. The molecule has 1 aromatic heterocycles. The second kappa shape index (κ2) is 8.68. The summed E-state index contributed by atoms with van der Waals surface area (Å²) in [6, 6.07) is 8.75. The Morgan fingerprint density at radius 3 is 3.00 bits per heavy atom. The molecule has 130 valence electrons. The van der Waals surface area contributed by atoms with E-state index < -0.39 is 0 Å². The first-order valence-corrected chi connectivity index (χ1v) is 8.62. The zero-order valence-corrected chi connectivity index (χ0v) is 15.6. The van der Waals surface area contributed by atoms with E-state index in [0.717, 1.165) is 5.57 Å². The summed E-state index contributed by atoms with van der Waals surface area (Å²) >= 11 is 17.3. The van der Waals surface area contributed by atoms with Crippen LogP contribution in [0.25, 0.3) is 11.3 Å². The molecule has 0 amide bonds. The van der Waals surface area contributed by atoms with Crippen molar-refractivity contribution in [3.05, 3.63) is 69.4 Å². The van der Waals surface area contributed by atoms with Crippen LogP contribution >= 0.6 is 35.4 Å². The normalized spacial score (nSPS) is 12.5. The number of rotatable bonds is 5. The molecule has 2 N–H and O–H groups in total. The van der Waals surface area contributed by atoms with Crippen LogP contribution in [0.1, 0.15) is 5.76 Å². The Morgan fingerprint density at radius 1 is 1.31 bits per heavy atom. The van der Waals surface area contributed by atoms with Crippen molar-refractivity contribution in [2.24, 2.45) is 10.1 Å². The van der Waals surface area contributed by atoms with Crippen molar-refractivity contribution in [1.82, 2.24) is 10.7 Å². The third-order valence-corrected chi connectivity index (χ3v) is 4.02. The first-order chi connectivity index (χ1) is 12.6. The highest BCUT2D eigenvalue weighted by Crippen LogP contribution is 2.31. The SMILES string of the molecule is S=C(NCC1=C=C=CN=C1)N/N=C/c1ccc(-c2cc(Cl)ccc2Cl)o1. The molecule has 0 fully saturated rings. The minimum Gasteiger partial charge on any atom is -0.455 e. The van der Waals surface area contributed by atoms with Crippen molar-refractivity contribution in [1.29, 1.82) is 0 Å². The molecule has 1 aliphatic heterocycles. The predicted octanol–water partition coefficient (Wildman–Crippen LogP) is 4.33. The van der Waals surface area contributed by atoms with Crippen LogP contribution in [0.5, 0.6) is 0 Å². The number of benzene rings is 1. The molecule has 0 saturated heterocycles. The van der Waals surface area contributed by atoms with Gasteiger partial charge in [0.1, 0.15) is 11.5 Å². The first kappa shape index (κ1) is 18.2. The van der Waals surface area contributed by atoms with E-state index in [1.54, 1.807) is 42.7 Å². The molecule has 3 rings (SSSR count). The molecule has 1 aliphatic rings. The molecule has 0 unspecified atom stereocenters. The monoisotopic (exact) mass is 402 g/mol. The molecule has 2 heterocycles. The fourth-order valence-corrected chi connectivity index (χ4v) is 2.54. The molecular weight excluding hydrogens is 391 g/mol. The van der Waals surface area contributed by atoms with E-state index >= 15 is 0 Å². The van der Waals surface area contributed by atoms with Gasteiger partial charge in [0.2, 0.25) is 0 Å². The van der Waals surface area contributed by atoms with Crippen LogP contribution in [0.15, 0.2) is 68.1 Å². The largest absolute Gasteiger partial charge is 0.455 e. The maximum Gasteiger partial charge on any atom is 0.187 e. The summed E-state index contributed by atoms with van der Waals surface area (Å²) in [6.07, 6.45) is 4.74. The van der Waals surface area contributed by atoms with E-state index in [4.69, 9.17) is 39.8 Å². The van der Waals surface area contributed by atoms with Gasteiger partial charge in [-0.3, -0.25) is 10.4 Å². The van der Waals surface area contributed by atoms with Crippen LogP contribution in [0.3, 0.4) is 0 Å². The van der Waals surface area contributed by atoms with E-state index in [0.29, 0.717) is 38.8 Å². The number of nitrogens with zero attached hydrogens (tertiary/aromatic N) is 2. The Morgan fingerprint density at radius 2 is 2.19 bits per heavy atom. The van der Waals surface area contributed by atoms with E-state index in [1.807, 2.05) is 0 Å². The van der Waals surface area contributed by atoms with Gasteiger partial charge in [0.15, 0.2) is 5.11 Å². The smallest absolute Gasteiger partial charge is 0.187 e. The van der Waals surface area contributed by atoms with Crippen LogP contribution in [0, 0.1) is 0 Å². The van der Waals surface area contributed by atoms with Crippen molar-refractivity contribution >= 4 is 53.0 Å².